The largest absolute Gasteiger partial charge is 0.348 e. The number of anilines is 2. The van der Waals surface area contributed by atoms with Gasteiger partial charge in [0, 0.05) is 32.6 Å². The van der Waals surface area contributed by atoms with Crippen LogP contribution in [0, 0.1) is 6.92 Å². The molecular formula is C18H25N7O. The van der Waals surface area contributed by atoms with Crippen molar-refractivity contribution in [3.8, 4) is 0 Å². The van der Waals surface area contributed by atoms with Gasteiger partial charge in [-0.05, 0) is 26.3 Å². The van der Waals surface area contributed by atoms with Crippen LogP contribution in [0.1, 0.15) is 36.8 Å². The lowest BCUT2D eigenvalue weighted by Gasteiger charge is -2.35. The van der Waals surface area contributed by atoms with Gasteiger partial charge in [0.05, 0.1) is 24.5 Å². The number of aromatic nitrogens is 4. The molecule has 1 fully saturated rings. The summed E-state index contributed by atoms with van der Waals surface area (Å²) in [6, 6.07) is 2.07. The van der Waals surface area contributed by atoms with Crippen LogP contribution in [0.2, 0.25) is 0 Å². The van der Waals surface area contributed by atoms with E-state index in [0.717, 1.165) is 31.5 Å². The molecule has 0 spiro atoms. The van der Waals surface area contributed by atoms with E-state index >= 15 is 0 Å². The quantitative estimate of drug-likeness (QED) is 0.877. The minimum Gasteiger partial charge on any atom is -0.348 e. The Morgan fingerprint density at radius 1 is 1.27 bits per heavy atom. The Labute approximate surface area is 153 Å². The van der Waals surface area contributed by atoms with Gasteiger partial charge >= 0.3 is 0 Å². The van der Waals surface area contributed by atoms with E-state index < -0.39 is 0 Å². The Hall–Kier alpha value is -2.61. The van der Waals surface area contributed by atoms with Crippen molar-refractivity contribution in [1.29, 1.82) is 0 Å². The fraction of sp³-hybridized carbons (Fsp3) is 0.500. The Bertz CT molecular complexity index is 750. The molecule has 0 aliphatic carbocycles. The number of likely N-dealkylation sites (N-methyl/N-ethyl adjacent to an activating group) is 1. The lowest BCUT2D eigenvalue weighted by molar-refractivity contribution is -0.130. The topological polar surface area (TPSA) is 87.1 Å². The van der Waals surface area contributed by atoms with Crippen molar-refractivity contribution in [1.82, 2.24) is 29.7 Å². The predicted octanol–water partition coefficient (Wildman–Crippen LogP) is 1.93. The summed E-state index contributed by atoms with van der Waals surface area (Å²) in [7, 11) is 3.58. The first-order valence-corrected chi connectivity index (χ1v) is 8.86. The second-order valence-electron chi connectivity index (χ2n) is 6.71. The van der Waals surface area contributed by atoms with Gasteiger partial charge in [-0.2, -0.15) is 0 Å². The Morgan fingerprint density at radius 3 is 2.85 bits per heavy atom. The van der Waals surface area contributed by atoms with Gasteiger partial charge in [-0.3, -0.25) is 14.7 Å². The van der Waals surface area contributed by atoms with Gasteiger partial charge in [0.15, 0.2) is 0 Å². The smallest absolute Gasteiger partial charge is 0.236 e. The first kappa shape index (κ1) is 18.2. The molecule has 26 heavy (non-hydrogen) atoms. The van der Waals surface area contributed by atoms with Crippen molar-refractivity contribution in [2.45, 2.75) is 32.2 Å². The van der Waals surface area contributed by atoms with Crippen LogP contribution < -0.4 is 5.32 Å². The van der Waals surface area contributed by atoms with E-state index in [0.29, 0.717) is 24.0 Å². The standard InChI is InChI=1S/C18H25N7O/c1-13-21-14(10-16(22-13)23-17-11-19-7-8-20-17)15-6-4-5-9-25(15)12-18(26)24(2)3/h7-8,10-11,15H,4-6,9,12H2,1-3H3,(H,20,21,22,23)/t15-/m0/s1. The molecule has 8 heteroatoms. The molecule has 1 aliphatic rings. The number of amides is 1. The number of carbonyl (C=O) groups is 1. The molecule has 138 valence electrons. The minimum absolute atomic E-state index is 0.112. The van der Waals surface area contributed by atoms with Crippen molar-refractivity contribution in [2.24, 2.45) is 0 Å². The van der Waals surface area contributed by atoms with Gasteiger partial charge in [-0.15, -0.1) is 0 Å². The average Bonchev–Trinajstić information content (AvgIpc) is 2.62. The molecule has 0 saturated carbocycles. The number of likely N-dealkylation sites (tertiary alicyclic amines) is 1. The van der Waals surface area contributed by atoms with Crippen molar-refractivity contribution in [2.75, 3.05) is 32.5 Å². The van der Waals surface area contributed by atoms with Crippen LogP contribution in [-0.2, 0) is 4.79 Å². The van der Waals surface area contributed by atoms with Gasteiger partial charge in [0.2, 0.25) is 5.91 Å². The third kappa shape index (κ3) is 4.51. The number of nitrogens with one attached hydrogen (secondary N) is 1. The third-order valence-corrected chi connectivity index (χ3v) is 4.47. The Kier molecular flexibility index (Phi) is 5.72. The number of hydrogen-bond donors (Lipinski definition) is 1. The highest BCUT2D eigenvalue weighted by Crippen LogP contribution is 2.31. The number of rotatable bonds is 5. The molecule has 1 N–H and O–H groups in total. The monoisotopic (exact) mass is 355 g/mol. The molecule has 0 bridgehead atoms. The first-order valence-electron chi connectivity index (χ1n) is 8.86. The number of aryl methyl sites for hydroxylation is 1. The molecule has 2 aromatic heterocycles. The fourth-order valence-electron chi connectivity index (χ4n) is 3.15. The maximum atomic E-state index is 12.2. The SMILES string of the molecule is Cc1nc(Nc2cnccn2)cc([C@@H]2CCCCN2CC(=O)N(C)C)n1. The zero-order valence-corrected chi connectivity index (χ0v) is 15.5. The van der Waals surface area contributed by atoms with E-state index in [1.165, 1.54) is 0 Å². The highest BCUT2D eigenvalue weighted by atomic mass is 16.2. The lowest BCUT2D eigenvalue weighted by atomic mass is 9.99. The Morgan fingerprint density at radius 2 is 2.12 bits per heavy atom. The van der Waals surface area contributed by atoms with Crippen molar-refractivity contribution >= 4 is 17.5 Å². The van der Waals surface area contributed by atoms with Crippen LogP contribution in [0.3, 0.4) is 0 Å². The van der Waals surface area contributed by atoms with E-state index in [9.17, 15) is 4.79 Å². The molecule has 3 rings (SSSR count). The summed E-state index contributed by atoms with van der Waals surface area (Å²) < 4.78 is 0. The van der Waals surface area contributed by atoms with Gasteiger partial charge in [-0.25, -0.2) is 15.0 Å². The molecule has 1 aliphatic heterocycles. The summed E-state index contributed by atoms with van der Waals surface area (Å²) in [6.07, 6.45) is 8.14. The predicted molar refractivity (Wildman–Crippen MR) is 98.9 cm³/mol. The molecule has 0 radical (unpaired) electrons. The van der Waals surface area contributed by atoms with E-state index in [1.807, 2.05) is 13.0 Å². The van der Waals surface area contributed by atoms with Crippen LogP contribution in [0.5, 0.6) is 0 Å². The molecule has 0 aromatic carbocycles. The van der Waals surface area contributed by atoms with E-state index in [-0.39, 0.29) is 11.9 Å². The molecular weight excluding hydrogens is 330 g/mol. The van der Waals surface area contributed by atoms with Crippen molar-refractivity contribution in [3.05, 3.63) is 36.2 Å². The highest BCUT2D eigenvalue weighted by molar-refractivity contribution is 5.77. The van der Waals surface area contributed by atoms with Crippen molar-refractivity contribution in [3.63, 3.8) is 0 Å². The number of nitrogens with zero attached hydrogens (tertiary/aromatic N) is 6. The average molecular weight is 355 g/mol. The summed E-state index contributed by atoms with van der Waals surface area (Å²) in [5.41, 5.74) is 0.940. The molecule has 0 unspecified atom stereocenters. The molecule has 3 heterocycles. The number of piperidine rings is 1. The lowest BCUT2D eigenvalue weighted by Crippen LogP contribution is -2.41. The summed E-state index contributed by atoms with van der Waals surface area (Å²) >= 11 is 0. The van der Waals surface area contributed by atoms with E-state index in [4.69, 9.17) is 0 Å². The molecule has 1 atom stereocenters. The molecule has 8 nitrogen and oxygen atoms in total. The molecule has 1 amide bonds. The maximum absolute atomic E-state index is 12.2. The van der Waals surface area contributed by atoms with E-state index in [1.54, 1.807) is 37.6 Å². The van der Waals surface area contributed by atoms with Gasteiger partial charge < -0.3 is 10.2 Å². The summed E-state index contributed by atoms with van der Waals surface area (Å²) in [4.78, 5) is 33.4. The fourth-order valence-corrected chi connectivity index (χ4v) is 3.15. The molecule has 2 aromatic rings. The normalized spacial score (nSPS) is 17.7. The minimum atomic E-state index is 0.112. The zero-order chi connectivity index (χ0) is 18.5. The van der Waals surface area contributed by atoms with Crippen molar-refractivity contribution < 1.29 is 4.79 Å². The van der Waals surface area contributed by atoms with Gasteiger partial charge in [-0.1, -0.05) is 6.42 Å². The summed E-state index contributed by atoms with van der Waals surface area (Å²) in [5, 5.41) is 3.18. The van der Waals surface area contributed by atoms with Crippen LogP contribution >= 0.6 is 0 Å². The maximum Gasteiger partial charge on any atom is 0.236 e. The highest BCUT2D eigenvalue weighted by Gasteiger charge is 2.27. The van der Waals surface area contributed by atoms with Crippen LogP contribution in [0.25, 0.3) is 0 Å². The second kappa shape index (κ2) is 8.18. The summed E-state index contributed by atoms with van der Waals surface area (Å²) in [5.74, 6) is 2.14. The molecule has 1 saturated heterocycles. The van der Waals surface area contributed by atoms with Gasteiger partial charge in [0.25, 0.3) is 0 Å². The van der Waals surface area contributed by atoms with E-state index in [2.05, 4.69) is 30.2 Å². The third-order valence-electron chi connectivity index (χ3n) is 4.47. The second-order valence-corrected chi connectivity index (χ2v) is 6.71. The number of carbonyl (C=O) groups excluding carboxylic acids is 1. The first-order chi connectivity index (χ1) is 12.5. The summed E-state index contributed by atoms with van der Waals surface area (Å²) in [6.45, 7) is 3.19. The van der Waals surface area contributed by atoms with Gasteiger partial charge in [0.1, 0.15) is 17.5 Å². The van der Waals surface area contributed by atoms with Crippen LogP contribution in [0.15, 0.2) is 24.7 Å². The number of hydrogen-bond acceptors (Lipinski definition) is 7. The zero-order valence-electron chi connectivity index (χ0n) is 15.5. The van der Waals surface area contributed by atoms with Crippen LogP contribution in [0.4, 0.5) is 11.6 Å². The Balaban J connectivity index is 1.83. The van der Waals surface area contributed by atoms with Crippen LogP contribution in [-0.4, -0.2) is 62.8 Å².